The van der Waals surface area contributed by atoms with E-state index in [4.69, 9.17) is 16.3 Å². The number of fused-ring (bicyclic) bond motifs is 1. The van der Waals surface area contributed by atoms with Crippen molar-refractivity contribution in [3.8, 4) is 5.75 Å². The third kappa shape index (κ3) is 5.89. The topological polar surface area (TPSA) is 65.8 Å². The van der Waals surface area contributed by atoms with E-state index in [2.05, 4.69) is 40.2 Å². The number of aliphatic hydroxyl groups is 2. The molecule has 3 aromatic rings. The Morgan fingerprint density at radius 1 is 1.15 bits per heavy atom. The molecule has 4 rings (SSSR count). The molecular formula is C28H35ClN2O3. The first-order valence-electron chi connectivity index (χ1n) is 12.2. The van der Waals surface area contributed by atoms with Gasteiger partial charge in [-0.3, -0.25) is 4.98 Å². The number of benzene rings is 2. The van der Waals surface area contributed by atoms with Crippen molar-refractivity contribution in [2.24, 2.45) is 5.41 Å². The summed E-state index contributed by atoms with van der Waals surface area (Å²) < 4.78 is 5.36. The molecule has 34 heavy (non-hydrogen) atoms. The molecule has 1 saturated heterocycles. The molecule has 6 heteroatoms. The summed E-state index contributed by atoms with van der Waals surface area (Å²) in [5.74, 6) is 0.705. The van der Waals surface area contributed by atoms with Gasteiger partial charge in [-0.2, -0.15) is 0 Å². The molecule has 0 saturated carbocycles. The summed E-state index contributed by atoms with van der Waals surface area (Å²) in [6.45, 7) is 3.21. The number of hydrogen-bond acceptors (Lipinski definition) is 5. The predicted octanol–water partition coefficient (Wildman–Crippen LogP) is 5.42. The van der Waals surface area contributed by atoms with Crippen molar-refractivity contribution in [1.29, 1.82) is 0 Å². The lowest BCUT2D eigenvalue weighted by molar-refractivity contribution is 0.0234. The third-order valence-electron chi connectivity index (χ3n) is 7.38. The van der Waals surface area contributed by atoms with Crippen LogP contribution in [0.25, 0.3) is 10.9 Å². The van der Waals surface area contributed by atoms with Crippen LogP contribution in [0.3, 0.4) is 0 Å². The van der Waals surface area contributed by atoms with Crippen LogP contribution in [0.2, 0.25) is 5.02 Å². The first kappa shape index (κ1) is 24.9. The molecule has 2 aromatic carbocycles. The van der Waals surface area contributed by atoms with Crippen LogP contribution in [0, 0.1) is 5.41 Å². The van der Waals surface area contributed by atoms with E-state index >= 15 is 0 Å². The Morgan fingerprint density at radius 2 is 1.91 bits per heavy atom. The Balaban J connectivity index is 1.34. The van der Waals surface area contributed by atoms with Gasteiger partial charge in [0.15, 0.2) is 0 Å². The van der Waals surface area contributed by atoms with Crippen LogP contribution < -0.4 is 4.74 Å². The molecule has 182 valence electrons. The number of piperidine rings is 1. The first-order valence-corrected chi connectivity index (χ1v) is 12.6. The monoisotopic (exact) mass is 482 g/mol. The molecule has 5 nitrogen and oxygen atoms in total. The van der Waals surface area contributed by atoms with Gasteiger partial charge in [-0.25, -0.2) is 0 Å². The fraction of sp³-hybridized carbons (Fsp3) is 0.464. The van der Waals surface area contributed by atoms with Crippen molar-refractivity contribution in [2.75, 3.05) is 33.4 Å². The summed E-state index contributed by atoms with van der Waals surface area (Å²) in [4.78, 5) is 6.89. The summed E-state index contributed by atoms with van der Waals surface area (Å²) in [5.41, 5.74) is 2.71. The molecule has 1 atom stereocenters. The van der Waals surface area contributed by atoms with Crippen molar-refractivity contribution >= 4 is 22.5 Å². The molecule has 1 aromatic heterocycles. The zero-order chi connectivity index (χ0) is 24.0. The van der Waals surface area contributed by atoms with Gasteiger partial charge in [0.1, 0.15) is 5.75 Å². The normalized spacial score (nSPS) is 17.1. The zero-order valence-electron chi connectivity index (χ0n) is 19.9. The quantitative estimate of drug-likeness (QED) is 0.404. The molecular weight excluding hydrogens is 448 g/mol. The number of halogens is 1. The maximum Gasteiger partial charge on any atom is 0.119 e. The van der Waals surface area contributed by atoms with Gasteiger partial charge >= 0.3 is 0 Å². The van der Waals surface area contributed by atoms with Crippen LogP contribution >= 0.6 is 11.6 Å². The largest absolute Gasteiger partial charge is 0.497 e. The number of likely N-dealkylation sites (tertiary alicyclic amines) is 1. The number of hydrogen-bond donors (Lipinski definition) is 2. The number of methoxy groups -OCH3 is 1. The van der Waals surface area contributed by atoms with Gasteiger partial charge in [0.05, 0.1) is 23.8 Å². The number of pyridine rings is 1. The molecule has 1 aliphatic heterocycles. The Kier molecular flexibility index (Phi) is 8.43. The van der Waals surface area contributed by atoms with E-state index in [0.29, 0.717) is 22.8 Å². The standard InChI is InChI=1S/C28H35ClN2O3/c1-34-22-9-10-25-23(18-22)27(24(29)19-30-25)26(33)11-12-28(20-32)13-16-31(17-14-28)15-5-8-21-6-3-2-4-7-21/h2-4,6-7,9-10,18-19,26,32-33H,5,8,11-17,20H2,1H3/t26-/m0/s1. The number of nitrogens with zero attached hydrogens (tertiary/aromatic N) is 2. The second-order valence-corrected chi connectivity index (χ2v) is 9.95. The summed E-state index contributed by atoms with van der Waals surface area (Å²) in [6.07, 6.45) is 6.31. The highest BCUT2D eigenvalue weighted by Gasteiger charge is 2.34. The number of aromatic nitrogens is 1. The number of aryl methyl sites for hydroxylation is 1. The van der Waals surface area contributed by atoms with Gasteiger partial charge in [0.2, 0.25) is 0 Å². The Bertz CT molecular complexity index is 1070. The van der Waals surface area contributed by atoms with E-state index in [0.717, 1.165) is 62.6 Å². The van der Waals surface area contributed by atoms with Crippen LogP contribution in [-0.4, -0.2) is 53.4 Å². The van der Waals surface area contributed by atoms with Crippen LogP contribution in [-0.2, 0) is 6.42 Å². The molecule has 0 aliphatic carbocycles. The van der Waals surface area contributed by atoms with Crippen LogP contribution in [0.5, 0.6) is 5.75 Å². The van der Waals surface area contributed by atoms with Crippen molar-refractivity contribution in [2.45, 2.75) is 44.6 Å². The number of rotatable bonds is 10. The Labute approximate surface area is 207 Å². The fourth-order valence-electron chi connectivity index (χ4n) is 5.11. The third-order valence-corrected chi connectivity index (χ3v) is 7.69. The lowest BCUT2D eigenvalue weighted by atomic mass is 9.74. The maximum atomic E-state index is 11.1. The summed E-state index contributed by atoms with van der Waals surface area (Å²) in [6, 6.07) is 16.2. The SMILES string of the molecule is COc1ccc2ncc(Cl)c([C@@H](O)CCC3(CO)CCN(CCCc4ccccc4)CC3)c2c1. The van der Waals surface area contributed by atoms with Crippen molar-refractivity contribution < 1.29 is 14.9 Å². The molecule has 0 bridgehead atoms. The van der Waals surface area contributed by atoms with Gasteiger partial charge in [0, 0.05) is 23.8 Å². The smallest absolute Gasteiger partial charge is 0.119 e. The van der Waals surface area contributed by atoms with Gasteiger partial charge in [-0.05, 0) is 87.3 Å². The molecule has 0 unspecified atom stereocenters. The lowest BCUT2D eigenvalue weighted by Gasteiger charge is -2.41. The second kappa shape index (κ2) is 11.5. The molecule has 0 spiro atoms. The zero-order valence-corrected chi connectivity index (χ0v) is 20.7. The van der Waals surface area contributed by atoms with Crippen LogP contribution in [0.4, 0.5) is 0 Å². The second-order valence-electron chi connectivity index (χ2n) is 9.55. The highest BCUT2D eigenvalue weighted by Crippen LogP contribution is 2.40. The molecule has 1 fully saturated rings. The minimum atomic E-state index is -0.725. The molecule has 0 amide bonds. The van der Waals surface area contributed by atoms with E-state index in [1.54, 1.807) is 13.3 Å². The minimum Gasteiger partial charge on any atom is -0.497 e. The molecule has 2 N–H and O–H groups in total. The van der Waals surface area contributed by atoms with Crippen LogP contribution in [0.1, 0.15) is 49.3 Å². The van der Waals surface area contributed by atoms with Crippen molar-refractivity contribution in [3.63, 3.8) is 0 Å². The fourth-order valence-corrected chi connectivity index (χ4v) is 5.39. The molecule has 1 aliphatic rings. The highest BCUT2D eigenvalue weighted by atomic mass is 35.5. The van der Waals surface area contributed by atoms with Crippen LogP contribution in [0.15, 0.2) is 54.7 Å². The Hall–Kier alpha value is -2.18. The average Bonchev–Trinajstić information content (AvgIpc) is 2.88. The molecule has 0 radical (unpaired) electrons. The minimum absolute atomic E-state index is 0.149. The van der Waals surface area contributed by atoms with Gasteiger partial charge in [0.25, 0.3) is 0 Å². The van der Waals surface area contributed by atoms with Gasteiger partial charge < -0.3 is 19.8 Å². The predicted molar refractivity (Wildman–Crippen MR) is 137 cm³/mol. The van der Waals surface area contributed by atoms with E-state index < -0.39 is 6.10 Å². The first-order chi connectivity index (χ1) is 16.5. The van der Waals surface area contributed by atoms with Crippen molar-refractivity contribution in [1.82, 2.24) is 9.88 Å². The van der Waals surface area contributed by atoms with Gasteiger partial charge in [-0.1, -0.05) is 41.9 Å². The summed E-state index contributed by atoms with van der Waals surface area (Å²) in [7, 11) is 1.62. The lowest BCUT2D eigenvalue weighted by Crippen LogP contribution is -2.42. The number of aliphatic hydroxyl groups excluding tert-OH is 2. The van der Waals surface area contributed by atoms with E-state index in [9.17, 15) is 10.2 Å². The van der Waals surface area contributed by atoms with E-state index in [1.807, 2.05) is 18.2 Å². The van der Waals surface area contributed by atoms with Gasteiger partial charge in [-0.15, -0.1) is 0 Å². The Morgan fingerprint density at radius 3 is 2.62 bits per heavy atom. The average molecular weight is 483 g/mol. The summed E-state index contributed by atoms with van der Waals surface area (Å²) >= 11 is 6.48. The highest BCUT2D eigenvalue weighted by molar-refractivity contribution is 6.32. The van der Waals surface area contributed by atoms with E-state index in [-0.39, 0.29) is 12.0 Å². The number of ether oxygens (including phenoxy) is 1. The van der Waals surface area contributed by atoms with E-state index in [1.165, 1.54) is 5.56 Å². The molecule has 2 heterocycles. The van der Waals surface area contributed by atoms with Crippen molar-refractivity contribution in [3.05, 3.63) is 70.9 Å². The maximum absolute atomic E-state index is 11.1. The summed E-state index contributed by atoms with van der Waals surface area (Å²) in [5, 5.41) is 22.7.